The molecule has 94 valence electrons. The van der Waals surface area contributed by atoms with Crippen LogP contribution in [0.2, 0.25) is 0 Å². The van der Waals surface area contributed by atoms with Crippen LogP contribution in [0.1, 0.15) is 24.5 Å². The van der Waals surface area contributed by atoms with Gasteiger partial charge in [0, 0.05) is 23.2 Å². The third kappa shape index (κ3) is 2.68. The van der Waals surface area contributed by atoms with E-state index in [4.69, 9.17) is 4.98 Å². The minimum absolute atomic E-state index is 0.587. The molecule has 0 aliphatic carbocycles. The number of anilines is 2. The number of piperidine rings is 1. The molecule has 0 atom stereocenters. The molecule has 1 fully saturated rings. The molecule has 1 aliphatic heterocycles. The first kappa shape index (κ1) is 11.6. The van der Waals surface area contributed by atoms with Crippen LogP contribution in [0.3, 0.4) is 0 Å². The van der Waals surface area contributed by atoms with Crippen molar-refractivity contribution in [3.63, 3.8) is 0 Å². The summed E-state index contributed by atoms with van der Waals surface area (Å²) in [7, 11) is 0. The van der Waals surface area contributed by atoms with Gasteiger partial charge in [0.25, 0.3) is 0 Å². The lowest BCUT2D eigenvalue weighted by Crippen LogP contribution is -2.27. The number of aromatic nitrogens is 2. The Morgan fingerprint density at radius 1 is 1.28 bits per heavy atom. The van der Waals surface area contributed by atoms with Crippen LogP contribution in [0, 0.1) is 0 Å². The second-order valence-corrected chi connectivity index (χ2v) is 5.33. The molecule has 1 aliphatic rings. The first-order valence-electron chi connectivity index (χ1n) is 6.26. The normalized spacial score (nSPS) is 16.7. The summed E-state index contributed by atoms with van der Waals surface area (Å²) in [6.07, 6.45) is 4.14. The molecule has 5 heteroatoms. The third-order valence-corrected chi connectivity index (χ3v) is 3.88. The number of rotatable bonds is 3. The standard InChI is InChI=1S/C13H16N4S/c1-2-11(10-4-6-14-7-5-10)16-12(3-1)17-13-15-8-9-18-13/h1-3,8-10,14H,4-7H2,(H,15,16,17). The average Bonchev–Trinajstić information content (AvgIpc) is 2.93. The first-order valence-corrected chi connectivity index (χ1v) is 7.14. The zero-order chi connectivity index (χ0) is 12.2. The highest BCUT2D eigenvalue weighted by Crippen LogP contribution is 2.25. The van der Waals surface area contributed by atoms with Crippen molar-refractivity contribution in [3.8, 4) is 0 Å². The molecule has 4 nitrogen and oxygen atoms in total. The van der Waals surface area contributed by atoms with Gasteiger partial charge in [0.15, 0.2) is 5.13 Å². The summed E-state index contributed by atoms with van der Waals surface area (Å²) in [5, 5.41) is 9.48. The second kappa shape index (κ2) is 5.46. The van der Waals surface area contributed by atoms with Crippen LogP contribution in [0.25, 0.3) is 0 Å². The Hall–Kier alpha value is -1.46. The quantitative estimate of drug-likeness (QED) is 0.891. The van der Waals surface area contributed by atoms with Crippen LogP contribution in [-0.4, -0.2) is 23.1 Å². The monoisotopic (exact) mass is 260 g/mol. The molecule has 2 aromatic heterocycles. The highest BCUT2D eigenvalue weighted by atomic mass is 32.1. The van der Waals surface area contributed by atoms with E-state index >= 15 is 0 Å². The van der Waals surface area contributed by atoms with Crippen molar-refractivity contribution in [3.05, 3.63) is 35.5 Å². The number of nitrogens with one attached hydrogen (secondary N) is 2. The summed E-state index contributed by atoms with van der Waals surface area (Å²) in [5.41, 5.74) is 1.19. The summed E-state index contributed by atoms with van der Waals surface area (Å²) in [6.45, 7) is 2.19. The highest BCUT2D eigenvalue weighted by molar-refractivity contribution is 7.13. The average molecular weight is 260 g/mol. The zero-order valence-corrected chi connectivity index (χ0v) is 10.9. The molecule has 18 heavy (non-hydrogen) atoms. The van der Waals surface area contributed by atoms with E-state index in [-0.39, 0.29) is 0 Å². The van der Waals surface area contributed by atoms with Crippen LogP contribution in [0.4, 0.5) is 10.9 Å². The molecule has 0 aromatic carbocycles. The van der Waals surface area contributed by atoms with Gasteiger partial charge in [-0.05, 0) is 38.1 Å². The smallest absolute Gasteiger partial charge is 0.188 e. The largest absolute Gasteiger partial charge is 0.317 e. The van der Waals surface area contributed by atoms with Gasteiger partial charge >= 0.3 is 0 Å². The Morgan fingerprint density at radius 3 is 2.94 bits per heavy atom. The summed E-state index contributed by atoms with van der Waals surface area (Å²) < 4.78 is 0. The fourth-order valence-corrected chi connectivity index (χ4v) is 2.80. The fourth-order valence-electron chi connectivity index (χ4n) is 2.26. The number of hydrogen-bond acceptors (Lipinski definition) is 5. The Bertz CT molecular complexity index is 491. The molecular weight excluding hydrogens is 244 g/mol. The lowest BCUT2D eigenvalue weighted by atomic mass is 9.94. The predicted molar refractivity (Wildman–Crippen MR) is 74.5 cm³/mol. The molecule has 0 amide bonds. The van der Waals surface area contributed by atoms with Gasteiger partial charge in [-0.3, -0.25) is 0 Å². The second-order valence-electron chi connectivity index (χ2n) is 4.43. The molecule has 0 spiro atoms. The highest BCUT2D eigenvalue weighted by Gasteiger charge is 2.16. The Morgan fingerprint density at radius 2 is 2.17 bits per heavy atom. The number of thiazole rings is 1. The van der Waals surface area contributed by atoms with Crippen molar-refractivity contribution in [2.24, 2.45) is 0 Å². The van der Waals surface area contributed by atoms with Crippen molar-refractivity contribution in [1.82, 2.24) is 15.3 Å². The molecular formula is C13H16N4S. The Balaban J connectivity index is 1.76. The van der Waals surface area contributed by atoms with Crippen molar-refractivity contribution in [2.45, 2.75) is 18.8 Å². The third-order valence-electron chi connectivity index (χ3n) is 3.20. The molecule has 0 bridgehead atoms. The van der Waals surface area contributed by atoms with Gasteiger partial charge < -0.3 is 10.6 Å². The van der Waals surface area contributed by atoms with Gasteiger partial charge in [0.1, 0.15) is 5.82 Å². The zero-order valence-electron chi connectivity index (χ0n) is 10.1. The summed E-state index contributed by atoms with van der Waals surface area (Å²) >= 11 is 1.59. The van der Waals surface area contributed by atoms with Gasteiger partial charge in [-0.1, -0.05) is 6.07 Å². The Kier molecular flexibility index (Phi) is 3.52. The van der Waals surface area contributed by atoms with Gasteiger partial charge in [0.05, 0.1) is 0 Å². The van der Waals surface area contributed by atoms with E-state index in [0.29, 0.717) is 5.92 Å². The van der Waals surface area contributed by atoms with Gasteiger partial charge in [-0.25, -0.2) is 9.97 Å². The van der Waals surface area contributed by atoms with E-state index in [1.165, 1.54) is 18.5 Å². The van der Waals surface area contributed by atoms with Crippen LogP contribution in [0.5, 0.6) is 0 Å². The molecule has 3 rings (SSSR count). The molecule has 1 saturated heterocycles. The van der Waals surface area contributed by atoms with Crippen LogP contribution in [-0.2, 0) is 0 Å². The lowest BCUT2D eigenvalue weighted by molar-refractivity contribution is 0.453. The van der Waals surface area contributed by atoms with E-state index in [2.05, 4.69) is 27.8 Å². The Labute approximate surface area is 110 Å². The van der Waals surface area contributed by atoms with Crippen molar-refractivity contribution < 1.29 is 0 Å². The number of hydrogen-bond donors (Lipinski definition) is 2. The molecule has 3 heterocycles. The van der Waals surface area contributed by atoms with Gasteiger partial charge in [0.2, 0.25) is 0 Å². The van der Waals surface area contributed by atoms with Crippen LogP contribution in [0.15, 0.2) is 29.8 Å². The maximum atomic E-state index is 4.70. The van der Waals surface area contributed by atoms with Crippen molar-refractivity contribution >= 4 is 22.3 Å². The minimum Gasteiger partial charge on any atom is -0.317 e. The number of pyridine rings is 1. The number of nitrogens with zero attached hydrogens (tertiary/aromatic N) is 2. The van der Waals surface area contributed by atoms with Crippen LogP contribution >= 0.6 is 11.3 Å². The first-order chi connectivity index (χ1) is 8.92. The van der Waals surface area contributed by atoms with E-state index < -0.39 is 0 Å². The lowest BCUT2D eigenvalue weighted by Gasteiger charge is -2.22. The predicted octanol–water partition coefficient (Wildman–Crippen LogP) is 2.75. The van der Waals surface area contributed by atoms with E-state index in [1.54, 1.807) is 17.5 Å². The maximum Gasteiger partial charge on any atom is 0.188 e. The topological polar surface area (TPSA) is 49.8 Å². The minimum atomic E-state index is 0.587. The molecule has 0 saturated carbocycles. The molecule has 0 radical (unpaired) electrons. The summed E-state index contributed by atoms with van der Waals surface area (Å²) in [5.74, 6) is 1.48. The van der Waals surface area contributed by atoms with E-state index in [1.807, 2.05) is 11.4 Å². The van der Waals surface area contributed by atoms with Gasteiger partial charge in [-0.15, -0.1) is 11.3 Å². The molecule has 2 N–H and O–H groups in total. The van der Waals surface area contributed by atoms with Crippen LogP contribution < -0.4 is 10.6 Å². The van der Waals surface area contributed by atoms with E-state index in [9.17, 15) is 0 Å². The van der Waals surface area contributed by atoms with Gasteiger partial charge in [-0.2, -0.15) is 0 Å². The van der Waals surface area contributed by atoms with Crippen molar-refractivity contribution in [1.29, 1.82) is 0 Å². The fraction of sp³-hybridized carbons (Fsp3) is 0.385. The molecule has 0 unspecified atom stereocenters. The summed E-state index contributed by atoms with van der Waals surface area (Å²) in [4.78, 5) is 8.91. The van der Waals surface area contributed by atoms with E-state index in [0.717, 1.165) is 24.0 Å². The molecule has 2 aromatic rings. The SMILES string of the molecule is c1cc(Nc2nccs2)nc(C2CCNCC2)c1. The maximum absolute atomic E-state index is 4.70. The van der Waals surface area contributed by atoms with Crippen molar-refractivity contribution in [2.75, 3.05) is 18.4 Å². The summed E-state index contributed by atoms with van der Waals surface area (Å²) in [6, 6.07) is 6.19.